The van der Waals surface area contributed by atoms with Crippen LogP contribution >= 0.6 is 0 Å². The minimum atomic E-state index is -0.377. The summed E-state index contributed by atoms with van der Waals surface area (Å²) in [5.74, 6) is -0.00788. The number of aryl methyl sites for hydroxylation is 1. The van der Waals surface area contributed by atoms with Crippen LogP contribution in [0.5, 0.6) is 5.75 Å². The highest BCUT2D eigenvalue weighted by Crippen LogP contribution is 2.21. The van der Waals surface area contributed by atoms with Crippen molar-refractivity contribution in [2.24, 2.45) is 0 Å². The Kier molecular flexibility index (Phi) is 5.71. The van der Waals surface area contributed by atoms with Gasteiger partial charge in [-0.15, -0.1) is 0 Å². The maximum absolute atomic E-state index is 12.2. The van der Waals surface area contributed by atoms with Gasteiger partial charge in [0, 0.05) is 5.69 Å². The molecule has 3 rings (SSSR count). The van der Waals surface area contributed by atoms with E-state index >= 15 is 0 Å². The molecule has 0 saturated carbocycles. The molecule has 0 atom stereocenters. The second-order valence-electron chi connectivity index (χ2n) is 6.10. The van der Waals surface area contributed by atoms with E-state index in [4.69, 9.17) is 9.47 Å². The van der Waals surface area contributed by atoms with Gasteiger partial charge < -0.3 is 14.8 Å². The predicted octanol–water partition coefficient (Wildman–Crippen LogP) is 4.34. The Labute approximate surface area is 157 Å². The van der Waals surface area contributed by atoms with Crippen molar-refractivity contribution >= 4 is 28.3 Å². The van der Waals surface area contributed by atoms with E-state index in [9.17, 15) is 9.59 Å². The lowest BCUT2D eigenvalue weighted by molar-refractivity contribution is -0.118. The van der Waals surface area contributed by atoms with Gasteiger partial charge in [-0.2, -0.15) is 0 Å². The maximum atomic E-state index is 12.2. The lowest BCUT2D eigenvalue weighted by Gasteiger charge is -2.11. The molecular formula is C22H21NO4. The van der Waals surface area contributed by atoms with E-state index in [1.54, 1.807) is 25.1 Å². The molecule has 0 radical (unpaired) electrons. The zero-order valence-electron chi connectivity index (χ0n) is 15.3. The molecule has 27 heavy (non-hydrogen) atoms. The SMILES string of the molecule is CCOC(=O)c1ccc(NC(=O)COc2ccc3ccccc3c2)c(C)c1. The van der Waals surface area contributed by atoms with Crippen molar-refractivity contribution in [3.05, 3.63) is 71.8 Å². The Balaban J connectivity index is 1.60. The molecule has 5 heteroatoms. The third kappa shape index (κ3) is 4.64. The number of benzene rings is 3. The van der Waals surface area contributed by atoms with E-state index in [-0.39, 0.29) is 18.5 Å². The average Bonchev–Trinajstić information content (AvgIpc) is 2.68. The highest BCUT2D eigenvalue weighted by molar-refractivity contribution is 5.94. The average molecular weight is 363 g/mol. The van der Waals surface area contributed by atoms with Gasteiger partial charge in [-0.3, -0.25) is 4.79 Å². The molecule has 1 N–H and O–H groups in total. The monoisotopic (exact) mass is 363 g/mol. The van der Waals surface area contributed by atoms with Crippen LogP contribution in [0.4, 0.5) is 5.69 Å². The van der Waals surface area contributed by atoms with Gasteiger partial charge in [0.15, 0.2) is 6.61 Å². The quantitative estimate of drug-likeness (QED) is 0.662. The molecule has 5 nitrogen and oxygen atoms in total. The van der Waals surface area contributed by atoms with Gasteiger partial charge in [0.05, 0.1) is 12.2 Å². The van der Waals surface area contributed by atoms with Crippen LogP contribution in [0, 0.1) is 6.92 Å². The molecule has 0 aromatic heterocycles. The smallest absolute Gasteiger partial charge is 0.338 e. The topological polar surface area (TPSA) is 64.6 Å². The highest BCUT2D eigenvalue weighted by Gasteiger charge is 2.11. The number of carbonyl (C=O) groups is 2. The number of rotatable bonds is 6. The number of esters is 1. The van der Waals surface area contributed by atoms with Crippen molar-refractivity contribution < 1.29 is 19.1 Å². The number of hydrogen-bond acceptors (Lipinski definition) is 4. The number of anilines is 1. The molecule has 3 aromatic carbocycles. The zero-order chi connectivity index (χ0) is 19.2. The fourth-order valence-corrected chi connectivity index (χ4v) is 2.74. The first-order chi connectivity index (χ1) is 13.1. The Hall–Kier alpha value is -3.34. The summed E-state index contributed by atoms with van der Waals surface area (Å²) in [5.41, 5.74) is 1.87. The fourth-order valence-electron chi connectivity index (χ4n) is 2.74. The van der Waals surface area contributed by atoms with Crippen molar-refractivity contribution in [3.8, 4) is 5.75 Å². The van der Waals surface area contributed by atoms with E-state index in [0.29, 0.717) is 23.6 Å². The first kappa shape index (κ1) is 18.5. The number of ether oxygens (including phenoxy) is 2. The van der Waals surface area contributed by atoms with Crippen LogP contribution in [0.25, 0.3) is 10.8 Å². The molecular weight excluding hydrogens is 342 g/mol. The molecule has 0 unspecified atom stereocenters. The van der Waals surface area contributed by atoms with Crippen molar-refractivity contribution in [1.29, 1.82) is 0 Å². The Morgan fingerprint density at radius 1 is 0.963 bits per heavy atom. The second kappa shape index (κ2) is 8.36. The summed E-state index contributed by atoms with van der Waals surface area (Å²) in [7, 11) is 0. The zero-order valence-corrected chi connectivity index (χ0v) is 15.3. The van der Waals surface area contributed by atoms with Crippen molar-refractivity contribution in [1.82, 2.24) is 0 Å². The molecule has 138 valence electrons. The van der Waals surface area contributed by atoms with Crippen LogP contribution in [-0.2, 0) is 9.53 Å². The minimum Gasteiger partial charge on any atom is -0.484 e. The maximum Gasteiger partial charge on any atom is 0.338 e. The lowest BCUT2D eigenvalue weighted by atomic mass is 10.1. The van der Waals surface area contributed by atoms with Crippen LogP contribution in [0.15, 0.2) is 60.7 Å². The Bertz CT molecular complexity index is 981. The van der Waals surface area contributed by atoms with E-state index in [0.717, 1.165) is 16.3 Å². The molecule has 0 heterocycles. The Morgan fingerprint density at radius 3 is 2.48 bits per heavy atom. The van der Waals surface area contributed by atoms with E-state index in [1.165, 1.54) is 0 Å². The summed E-state index contributed by atoms with van der Waals surface area (Å²) < 4.78 is 10.6. The van der Waals surface area contributed by atoms with Gasteiger partial charge in [0.25, 0.3) is 5.91 Å². The van der Waals surface area contributed by atoms with Crippen molar-refractivity contribution in [2.75, 3.05) is 18.5 Å². The standard InChI is InChI=1S/C22H21NO4/c1-3-26-22(25)18-9-11-20(15(2)12-18)23-21(24)14-27-19-10-8-16-6-4-5-7-17(16)13-19/h4-13H,3,14H2,1-2H3,(H,23,24). The van der Waals surface area contributed by atoms with Crippen LogP contribution in [0.2, 0.25) is 0 Å². The van der Waals surface area contributed by atoms with E-state index in [2.05, 4.69) is 5.32 Å². The summed E-state index contributed by atoms with van der Waals surface area (Å²) in [6.07, 6.45) is 0. The molecule has 0 aliphatic heterocycles. The highest BCUT2D eigenvalue weighted by atomic mass is 16.5. The molecule has 0 aliphatic rings. The normalized spacial score (nSPS) is 10.4. The lowest BCUT2D eigenvalue weighted by Crippen LogP contribution is -2.20. The van der Waals surface area contributed by atoms with Gasteiger partial charge in [-0.25, -0.2) is 4.79 Å². The third-order valence-electron chi connectivity index (χ3n) is 4.10. The third-order valence-corrected chi connectivity index (χ3v) is 4.10. The Morgan fingerprint density at radius 2 is 1.74 bits per heavy atom. The van der Waals surface area contributed by atoms with Crippen LogP contribution in [0.3, 0.4) is 0 Å². The van der Waals surface area contributed by atoms with Gasteiger partial charge in [0.1, 0.15) is 5.75 Å². The molecule has 0 bridgehead atoms. The second-order valence-corrected chi connectivity index (χ2v) is 6.10. The van der Waals surface area contributed by atoms with Crippen molar-refractivity contribution in [3.63, 3.8) is 0 Å². The van der Waals surface area contributed by atoms with E-state index < -0.39 is 0 Å². The number of carbonyl (C=O) groups excluding carboxylic acids is 2. The number of nitrogens with one attached hydrogen (secondary N) is 1. The number of amides is 1. The summed E-state index contributed by atoms with van der Waals surface area (Å²) >= 11 is 0. The largest absolute Gasteiger partial charge is 0.484 e. The fraction of sp³-hybridized carbons (Fsp3) is 0.182. The van der Waals surface area contributed by atoms with Crippen LogP contribution < -0.4 is 10.1 Å². The first-order valence-electron chi connectivity index (χ1n) is 8.76. The molecule has 0 aliphatic carbocycles. The number of fused-ring (bicyclic) bond motifs is 1. The van der Waals surface area contributed by atoms with Gasteiger partial charge in [-0.05, 0) is 60.5 Å². The molecule has 0 fully saturated rings. The summed E-state index contributed by atoms with van der Waals surface area (Å²) in [4.78, 5) is 23.9. The van der Waals surface area contributed by atoms with Gasteiger partial charge in [0.2, 0.25) is 0 Å². The summed E-state index contributed by atoms with van der Waals surface area (Å²) in [6, 6.07) is 18.7. The molecule has 1 amide bonds. The molecule has 0 saturated heterocycles. The molecule has 3 aromatic rings. The van der Waals surface area contributed by atoms with Crippen molar-refractivity contribution in [2.45, 2.75) is 13.8 Å². The number of hydrogen-bond donors (Lipinski definition) is 1. The molecule has 0 spiro atoms. The predicted molar refractivity (Wildman–Crippen MR) is 105 cm³/mol. The van der Waals surface area contributed by atoms with Crippen LogP contribution in [0.1, 0.15) is 22.8 Å². The summed E-state index contributed by atoms with van der Waals surface area (Å²) in [5, 5.41) is 4.97. The van der Waals surface area contributed by atoms with E-state index in [1.807, 2.05) is 49.4 Å². The summed E-state index contributed by atoms with van der Waals surface area (Å²) in [6.45, 7) is 3.80. The first-order valence-corrected chi connectivity index (χ1v) is 8.76. The van der Waals surface area contributed by atoms with Gasteiger partial charge >= 0.3 is 5.97 Å². The van der Waals surface area contributed by atoms with Gasteiger partial charge in [-0.1, -0.05) is 30.3 Å². The minimum absolute atomic E-state index is 0.0998. The van der Waals surface area contributed by atoms with Crippen LogP contribution in [-0.4, -0.2) is 25.1 Å².